The summed E-state index contributed by atoms with van der Waals surface area (Å²) in [6.45, 7) is 0.654. The number of amides is 1. The first kappa shape index (κ1) is 17.8. The zero-order valence-corrected chi connectivity index (χ0v) is 16.1. The van der Waals surface area contributed by atoms with Crippen LogP contribution in [0.4, 0.5) is 11.4 Å². The molecule has 0 aliphatic carbocycles. The molecule has 0 saturated carbocycles. The molecule has 0 unspecified atom stereocenters. The van der Waals surface area contributed by atoms with E-state index >= 15 is 0 Å². The monoisotopic (exact) mass is 398 g/mol. The molecule has 7 heteroatoms. The molecule has 4 rings (SSSR count). The van der Waals surface area contributed by atoms with Gasteiger partial charge in [-0.1, -0.05) is 24.3 Å². The number of carbonyl (C=O) groups is 1. The van der Waals surface area contributed by atoms with Crippen molar-refractivity contribution in [2.75, 3.05) is 16.2 Å². The van der Waals surface area contributed by atoms with Crippen LogP contribution in [-0.2, 0) is 16.4 Å². The molecule has 2 aromatic carbocycles. The Bertz CT molecular complexity index is 1060. The van der Waals surface area contributed by atoms with Gasteiger partial charge in [-0.2, -0.15) is 0 Å². The quantitative estimate of drug-likeness (QED) is 0.718. The SMILES string of the molecule is O=C(c1ccccc1)N1CCCc2cc(NS(=O)(=O)c3cccs3)ccc21. The van der Waals surface area contributed by atoms with Gasteiger partial charge in [-0.05, 0) is 60.2 Å². The Morgan fingerprint density at radius 2 is 1.85 bits per heavy atom. The number of sulfonamides is 1. The van der Waals surface area contributed by atoms with Crippen molar-refractivity contribution in [2.24, 2.45) is 0 Å². The van der Waals surface area contributed by atoms with E-state index in [9.17, 15) is 13.2 Å². The van der Waals surface area contributed by atoms with E-state index in [2.05, 4.69) is 4.72 Å². The number of thiophene rings is 1. The summed E-state index contributed by atoms with van der Waals surface area (Å²) in [5.41, 5.74) is 2.97. The summed E-state index contributed by atoms with van der Waals surface area (Å²) in [4.78, 5) is 14.6. The summed E-state index contributed by atoms with van der Waals surface area (Å²) in [5, 5.41) is 1.73. The van der Waals surface area contributed by atoms with E-state index in [0.717, 1.165) is 24.1 Å². The minimum Gasteiger partial charge on any atom is -0.308 e. The van der Waals surface area contributed by atoms with Gasteiger partial charge in [-0.3, -0.25) is 9.52 Å². The molecular weight excluding hydrogens is 380 g/mol. The van der Waals surface area contributed by atoms with Crippen molar-refractivity contribution in [3.05, 3.63) is 77.2 Å². The molecule has 0 bridgehead atoms. The lowest BCUT2D eigenvalue weighted by Crippen LogP contribution is -2.35. The lowest BCUT2D eigenvalue weighted by atomic mass is 10.00. The fourth-order valence-electron chi connectivity index (χ4n) is 3.23. The highest BCUT2D eigenvalue weighted by Gasteiger charge is 2.24. The second-order valence-electron chi connectivity index (χ2n) is 6.31. The molecule has 0 atom stereocenters. The van der Waals surface area contributed by atoms with E-state index in [0.29, 0.717) is 17.8 Å². The lowest BCUT2D eigenvalue weighted by Gasteiger charge is -2.30. The number of rotatable bonds is 4. The minimum absolute atomic E-state index is 0.0385. The molecule has 1 aliphatic rings. The van der Waals surface area contributed by atoms with Crippen molar-refractivity contribution in [3.63, 3.8) is 0 Å². The van der Waals surface area contributed by atoms with Gasteiger partial charge in [0.25, 0.3) is 15.9 Å². The van der Waals surface area contributed by atoms with E-state index in [4.69, 9.17) is 0 Å². The third-order valence-electron chi connectivity index (χ3n) is 4.48. The van der Waals surface area contributed by atoms with Crippen LogP contribution in [0.3, 0.4) is 0 Å². The number of benzene rings is 2. The predicted octanol–water partition coefficient (Wildman–Crippen LogP) is 4.14. The first-order valence-corrected chi connectivity index (χ1v) is 11.0. The molecule has 1 aromatic heterocycles. The Morgan fingerprint density at radius 3 is 2.59 bits per heavy atom. The van der Waals surface area contributed by atoms with Crippen LogP contribution in [0.25, 0.3) is 0 Å². The number of fused-ring (bicyclic) bond motifs is 1. The number of anilines is 2. The molecule has 0 spiro atoms. The maximum atomic E-state index is 12.8. The zero-order valence-electron chi connectivity index (χ0n) is 14.5. The van der Waals surface area contributed by atoms with Crippen molar-refractivity contribution >= 4 is 38.6 Å². The number of nitrogens with zero attached hydrogens (tertiary/aromatic N) is 1. The largest absolute Gasteiger partial charge is 0.308 e. The highest BCUT2D eigenvalue weighted by atomic mass is 32.2. The highest BCUT2D eigenvalue weighted by molar-refractivity contribution is 7.94. The average molecular weight is 399 g/mol. The second kappa shape index (κ2) is 7.17. The van der Waals surface area contributed by atoms with Crippen LogP contribution in [0.1, 0.15) is 22.3 Å². The maximum absolute atomic E-state index is 12.8. The number of hydrogen-bond acceptors (Lipinski definition) is 4. The van der Waals surface area contributed by atoms with E-state index in [1.165, 1.54) is 11.3 Å². The van der Waals surface area contributed by atoms with Gasteiger partial charge in [0.1, 0.15) is 4.21 Å². The van der Waals surface area contributed by atoms with Crippen LogP contribution in [0.15, 0.2) is 70.3 Å². The Morgan fingerprint density at radius 1 is 1.04 bits per heavy atom. The topological polar surface area (TPSA) is 66.5 Å². The van der Waals surface area contributed by atoms with Crippen LogP contribution < -0.4 is 9.62 Å². The molecule has 0 fully saturated rings. The molecule has 1 N–H and O–H groups in total. The summed E-state index contributed by atoms with van der Waals surface area (Å²) in [6, 6.07) is 17.8. The molecule has 0 saturated heterocycles. The number of carbonyl (C=O) groups excluding carboxylic acids is 1. The first-order chi connectivity index (χ1) is 13.0. The molecular formula is C20H18N2O3S2. The highest BCUT2D eigenvalue weighted by Crippen LogP contribution is 2.32. The van der Waals surface area contributed by atoms with E-state index < -0.39 is 10.0 Å². The van der Waals surface area contributed by atoms with Gasteiger partial charge in [-0.25, -0.2) is 8.42 Å². The van der Waals surface area contributed by atoms with E-state index in [1.54, 1.807) is 40.6 Å². The number of hydrogen-bond donors (Lipinski definition) is 1. The zero-order chi connectivity index (χ0) is 18.9. The van der Waals surface area contributed by atoms with Crippen LogP contribution in [0.2, 0.25) is 0 Å². The fourth-order valence-corrected chi connectivity index (χ4v) is 5.27. The maximum Gasteiger partial charge on any atom is 0.271 e. The van der Waals surface area contributed by atoms with Gasteiger partial charge in [0.05, 0.1) is 0 Å². The summed E-state index contributed by atoms with van der Waals surface area (Å²) in [7, 11) is -3.58. The van der Waals surface area contributed by atoms with Crippen LogP contribution >= 0.6 is 11.3 Å². The Hall–Kier alpha value is -2.64. The van der Waals surface area contributed by atoms with Gasteiger partial charge in [-0.15, -0.1) is 11.3 Å². The smallest absolute Gasteiger partial charge is 0.271 e. The average Bonchev–Trinajstić information content (AvgIpc) is 3.23. The van der Waals surface area contributed by atoms with Crippen LogP contribution in [-0.4, -0.2) is 20.9 Å². The Kier molecular flexibility index (Phi) is 4.72. The third-order valence-corrected chi connectivity index (χ3v) is 7.25. The third kappa shape index (κ3) is 3.61. The Labute approximate surface area is 162 Å². The predicted molar refractivity (Wildman–Crippen MR) is 108 cm³/mol. The fraction of sp³-hybridized carbons (Fsp3) is 0.150. The molecule has 5 nitrogen and oxygen atoms in total. The van der Waals surface area contributed by atoms with Crippen LogP contribution in [0, 0.1) is 0 Å². The second-order valence-corrected chi connectivity index (χ2v) is 9.16. The standard InChI is InChI=1S/C20H18N2O3S2/c23-20(15-6-2-1-3-7-15)22-12-4-8-16-14-17(10-11-18(16)22)21-27(24,25)19-9-5-13-26-19/h1-3,5-7,9-11,13-14,21H,4,8,12H2. The molecule has 2 heterocycles. The number of nitrogens with one attached hydrogen (secondary N) is 1. The van der Waals surface area contributed by atoms with Gasteiger partial charge in [0.2, 0.25) is 0 Å². The van der Waals surface area contributed by atoms with Crippen molar-refractivity contribution in [1.29, 1.82) is 0 Å². The van der Waals surface area contributed by atoms with Crippen LogP contribution in [0.5, 0.6) is 0 Å². The molecule has 138 valence electrons. The summed E-state index contributed by atoms with van der Waals surface area (Å²) in [6.07, 6.45) is 1.65. The van der Waals surface area contributed by atoms with Crippen molar-refractivity contribution in [2.45, 2.75) is 17.1 Å². The van der Waals surface area contributed by atoms with Gasteiger partial charge in [0, 0.05) is 23.5 Å². The Balaban J connectivity index is 1.62. The summed E-state index contributed by atoms with van der Waals surface area (Å²) in [5.74, 6) is -0.0385. The van der Waals surface area contributed by atoms with Gasteiger partial charge in [0.15, 0.2) is 0 Å². The number of aryl methyl sites for hydroxylation is 1. The van der Waals surface area contributed by atoms with Gasteiger partial charge >= 0.3 is 0 Å². The van der Waals surface area contributed by atoms with Gasteiger partial charge < -0.3 is 4.90 Å². The summed E-state index contributed by atoms with van der Waals surface area (Å²) < 4.78 is 27.8. The molecule has 0 radical (unpaired) electrons. The van der Waals surface area contributed by atoms with E-state index in [1.807, 2.05) is 30.3 Å². The molecule has 27 heavy (non-hydrogen) atoms. The summed E-state index contributed by atoms with van der Waals surface area (Å²) >= 11 is 1.18. The normalized spacial score (nSPS) is 13.9. The van der Waals surface area contributed by atoms with Crippen molar-refractivity contribution < 1.29 is 13.2 Å². The minimum atomic E-state index is -3.58. The molecule has 1 amide bonds. The van der Waals surface area contributed by atoms with Crippen molar-refractivity contribution in [3.8, 4) is 0 Å². The first-order valence-electron chi connectivity index (χ1n) is 8.61. The van der Waals surface area contributed by atoms with Crippen molar-refractivity contribution in [1.82, 2.24) is 0 Å². The molecule has 1 aliphatic heterocycles. The van der Waals surface area contributed by atoms with E-state index in [-0.39, 0.29) is 10.1 Å². The molecule has 3 aromatic rings. The lowest BCUT2D eigenvalue weighted by molar-refractivity contribution is 0.0985.